The average molecular weight is 543 g/mol. The van der Waals surface area contributed by atoms with E-state index in [4.69, 9.17) is 14.6 Å². The summed E-state index contributed by atoms with van der Waals surface area (Å²) in [6.45, 7) is 4.03. The summed E-state index contributed by atoms with van der Waals surface area (Å²) in [5.41, 5.74) is 5.83. The number of aliphatic imine (C=N–C) groups is 1. The number of methoxy groups -OCH3 is 2. The number of aryl methyl sites for hydroxylation is 2. The van der Waals surface area contributed by atoms with Crippen molar-refractivity contribution >= 4 is 40.1 Å². The molecule has 2 atom stereocenters. The molecule has 0 saturated carbocycles. The number of nitrogens with one attached hydrogen (secondary N) is 1. The lowest BCUT2D eigenvalue weighted by atomic mass is 9.98. The van der Waals surface area contributed by atoms with Crippen LogP contribution in [-0.2, 0) is 9.59 Å². The fourth-order valence-electron chi connectivity index (χ4n) is 4.55. The molecule has 8 nitrogen and oxygen atoms in total. The van der Waals surface area contributed by atoms with Crippen LogP contribution < -0.4 is 14.8 Å². The second-order valence-electron chi connectivity index (χ2n) is 9.55. The van der Waals surface area contributed by atoms with Gasteiger partial charge in [-0.3, -0.25) is 9.59 Å². The molecule has 0 saturated heterocycles. The van der Waals surface area contributed by atoms with Gasteiger partial charge in [0.1, 0.15) is 5.25 Å². The molecule has 0 bridgehead atoms. The van der Waals surface area contributed by atoms with Crippen LogP contribution in [0.5, 0.6) is 11.5 Å². The third-order valence-electron chi connectivity index (χ3n) is 6.72. The number of anilines is 1. The Kier molecular flexibility index (Phi) is 7.70. The van der Waals surface area contributed by atoms with Gasteiger partial charge in [-0.2, -0.15) is 10.1 Å². The quantitative estimate of drug-likeness (QED) is 0.424. The number of hydrogen-bond acceptors (Lipinski definition) is 7. The molecule has 0 spiro atoms. The molecule has 39 heavy (non-hydrogen) atoms. The highest BCUT2D eigenvalue weighted by molar-refractivity contribution is 8.15. The van der Waals surface area contributed by atoms with Crippen molar-refractivity contribution in [3.05, 3.63) is 89.0 Å². The Balaban J connectivity index is 1.38. The minimum atomic E-state index is -0.616. The third-order valence-corrected chi connectivity index (χ3v) is 7.86. The molecule has 3 aromatic rings. The van der Waals surface area contributed by atoms with Crippen LogP contribution in [0, 0.1) is 13.8 Å². The summed E-state index contributed by atoms with van der Waals surface area (Å²) in [7, 11) is 3.20. The zero-order chi connectivity index (χ0) is 27.5. The van der Waals surface area contributed by atoms with Gasteiger partial charge in [-0.25, -0.2) is 5.01 Å². The molecule has 2 unspecified atom stereocenters. The minimum absolute atomic E-state index is 0.0216. The second kappa shape index (κ2) is 11.3. The highest BCUT2D eigenvalue weighted by Crippen LogP contribution is 2.41. The first-order chi connectivity index (χ1) is 18.8. The molecule has 0 fully saturated rings. The first-order valence-corrected chi connectivity index (χ1v) is 13.5. The van der Waals surface area contributed by atoms with Crippen molar-refractivity contribution in [3.63, 3.8) is 0 Å². The van der Waals surface area contributed by atoms with Gasteiger partial charge in [-0.05, 0) is 49.2 Å². The van der Waals surface area contributed by atoms with Crippen LogP contribution in [0.25, 0.3) is 0 Å². The monoisotopic (exact) mass is 542 g/mol. The minimum Gasteiger partial charge on any atom is -0.493 e. The number of hydrazone groups is 1. The number of thioether (sulfide) groups is 1. The van der Waals surface area contributed by atoms with Crippen molar-refractivity contribution < 1.29 is 19.1 Å². The highest BCUT2D eigenvalue weighted by atomic mass is 32.2. The normalized spacial score (nSPS) is 18.6. The number of ether oxygens (including phenoxy) is 2. The molecule has 2 amide bonds. The molecule has 1 N–H and O–H groups in total. The Bertz CT molecular complexity index is 1450. The zero-order valence-corrected chi connectivity index (χ0v) is 23.1. The third kappa shape index (κ3) is 5.83. The molecule has 2 heterocycles. The summed E-state index contributed by atoms with van der Waals surface area (Å²) < 4.78 is 11.0. The van der Waals surface area contributed by atoms with Gasteiger partial charge < -0.3 is 14.8 Å². The molecule has 3 aromatic carbocycles. The highest BCUT2D eigenvalue weighted by Gasteiger charge is 2.39. The molecule has 0 aliphatic carbocycles. The number of carbonyl (C=O) groups is 2. The van der Waals surface area contributed by atoms with Crippen LogP contribution in [0.3, 0.4) is 0 Å². The lowest BCUT2D eigenvalue weighted by Gasteiger charge is -2.24. The lowest BCUT2D eigenvalue weighted by Crippen LogP contribution is -2.25. The first kappa shape index (κ1) is 26.5. The van der Waals surface area contributed by atoms with Crippen molar-refractivity contribution in [2.75, 3.05) is 19.5 Å². The number of benzene rings is 3. The van der Waals surface area contributed by atoms with Gasteiger partial charge in [-0.15, -0.1) is 0 Å². The Morgan fingerprint density at radius 3 is 2.31 bits per heavy atom. The van der Waals surface area contributed by atoms with E-state index in [2.05, 4.69) is 34.6 Å². The summed E-state index contributed by atoms with van der Waals surface area (Å²) >= 11 is 1.28. The summed E-state index contributed by atoms with van der Waals surface area (Å²) in [6.07, 6.45) is 0.638. The number of amides is 2. The lowest BCUT2D eigenvalue weighted by molar-refractivity contribution is -0.121. The van der Waals surface area contributed by atoms with Gasteiger partial charge in [-0.1, -0.05) is 65.4 Å². The maximum Gasteiger partial charge on any atom is 0.262 e. The van der Waals surface area contributed by atoms with Gasteiger partial charge in [0.2, 0.25) is 5.91 Å². The maximum absolute atomic E-state index is 12.9. The molecule has 2 aliphatic rings. The van der Waals surface area contributed by atoms with E-state index in [0.29, 0.717) is 28.8 Å². The predicted octanol–water partition coefficient (Wildman–Crippen LogP) is 5.50. The Labute approximate surface area is 232 Å². The van der Waals surface area contributed by atoms with Crippen LogP contribution in [0.4, 0.5) is 5.69 Å². The van der Waals surface area contributed by atoms with Crippen molar-refractivity contribution in [2.24, 2.45) is 10.1 Å². The molecule has 5 rings (SSSR count). The largest absolute Gasteiger partial charge is 0.493 e. The molecule has 2 aliphatic heterocycles. The van der Waals surface area contributed by atoms with E-state index < -0.39 is 5.25 Å². The van der Waals surface area contributed by atoms with E-state index in [1.165, 1.54) is 17.3 Å². The standard InChI is InChI=1S/C30H30N4O4S/c1-18-5-9-20(10-6-18)23-16-24(21-11-14-25(37-3)26(15-21)38-4)34(33-23)30-32-29(36)27(39-30)17-28(35)31-22-12-7-19(2)8-13-22/h5-15,24,27H,16-17H2,1-4H3,(H,31,35). The summed E-state index contributed by atoms with van der Waals surface area (Å²) in [5, 5.41) is 9.46. The van der Waals surface area contributed by atoms with Crippen LogP contribution in [0.15, 0.2) is 76.8 Å². The summed E-state index contributed by atoms with van der Waals surface area (Å²) in [6, 6.07) is 21.3. The molecule has 9 heteroatoms. The fraction of sp³-hybridized carbons (Fsp3) is 0.267. The average Bonchev–Trinajstić information content (AvgIpc) is 3.54. The van der Waals surface area contributed by atoms with E-state index in [1.54, 1.807) is 19.2 Å². The summed E-state index contributed by atoms with van der Waals surface area (Å²) in [4.78, 5) is 29.9. The predicted molar refractivity (Wildman–Crippen MR) is 155 cm³/mol. The molecule has 200 valence electrons. The maximum atomic E-state index is 12.9. The Morgan fingerprint density at radius 2 is 1.64 bits per heavy atom. The van der Waals surface area contributed by atoms with Crippen LogP contribution in [0.1, 0.15) is 41.1 Å². The number of rotatable bonds is 7. The number of carbonyl (C=O) groups excluding carboxylic acids is 2. The molecular formula is C30H30N4O4S. The number of amidine groups is 1. The number of nitrogens with zero attached hydrogens (tertiary/aromatic N) is 3. The smallest absolute Gasteiger partial charge is 0.262 e. The van der Waals surface area contributed by atoms with Crippen LogP contribution >= 0.6 is 11.8 Å². The van der Waals surface area contributed by atoms with Gasteiger partial charge in [0, 0.05) is 18.5 Å². The van der Waals surface area contributed by atoms with E-state index in [-0.39, 0.29) is 24.3 Å². The van der Waals surface area contributed by atoms with E-state index in [0.717, 1.165) is 22.4 Å². The van der Waals surface area contributed by atoms with Gasteiger partial charge in [0.15, 0.2) is 16.7 Å². The fourth-order valence-corrected chi connectivity index (χ4v) is 5.61. The topological polar surface area (TPSA) is 92.6 Å². The van der Waals surface area contributed by atoms with E-state index in [1.807, 2.05) is 56.3 Å². The zero-order valence-electron chi connectivity index (χ0n) is 22.3. The van der Waals surface area contributed by atoms with Crippen LogP contribution in [0.2, 0.25) is 0 Å². The first-order valence-electron chi connectivity index (χ1n) is 12.7. The van der Waals surface area contributed by atoms with Gasteiger partial charge in [0.25, 0.3) is 5.91 Å². The van der Waals surface area contributed by atoms with Crippen molar-refractivity contribution in [2.45, 2.75) is 38.0 Å². The van der Waals surface area contributed by atoms with Crippen molar-refractivity contribution in [1.29, 1.82) is 0 Å². The number of hydrogen-bond donors (Lipinski definition) is 1. The van der Waals surface area contributed by atoms with E-state index >= 15 is 0 Å². The summed E-state index contributed by atoms with van der Waals surface area (Å²) in [5.74, 6) is 0.677. The SMILES string of the molecule is COc1ccc(C2CC(c3ccc(C)cc3)=NN2C2=NC(=O)C(CC(=O)Nc3ccc(C)cc3)S2)cc1OC. The van der Waals surface area contributed by atoms with Gasteiger partial charge >= 0.3 is 0 Å². The Morgan fingerprint density at radius 1 is 0.974 bits per heavy atom. The molecule has 0 aromatic heterocycles. The van der Waals surface area contributed by atoms with E-state index in [9.17, 15) is 9.59 Å². The van der Waals surface area contributed by atoms with Crippen molar-refractivity contribution in [1.82, 2.24) is 5.01 Å². The molecular weight excluding hydrogens is 512 g/mol. The second-order valence-corrected chi connectivity index (χ2v) is 10.7. The van der Waals surface area contributed by atoms with Crippen LogP contribution in [-0.4, -0.2) is 47.2 Å². The molecule has 0 radical (unpaired) electrons. The Hall–Kier alpha value is -4.11. The van der Waals surface area contributed by atoms with Crippen molar-refractivity contribution in [3.8, 4) is 11.5 Å². The van der Waals surface area contributed by atoms with Gasteiger partial charge in [0.05, 0.1) is 26.0 Å².